The van der Waals surface area contributed by atoms with Gasteiger partial charge in [0.05, 0.1) is 17.9 Å². The molecule has 22 nitrogen and oxygen atoms in total. The lowest BCUT2D eigenvalue weighted by Gasteiger charge is -2.34. The van der Waals surface area contributed by atoms with Crippen molar-refractivity contribution in [1.29, 1.82) is 0 Å². The van der Waals surface area contributed by atoms with Crippen molar-refractivity contribution in [2.75, 3.05) is 199 Å². The summed E-state index contributed by atoms with van der Waals surface area (Å²) in [6.45, 7) is 29.8. The highest BCUT2D eigenvalue weighted by molar-refractivity contribution is 7.80. The molecule has 6 aromatic rings. The van der Waals surface area contributed by atoms with Crippen molar-refractivity contribution in [1.82, 2.24) is 99.3 Å². The Kier molecular flexibility index (Phi) is 33.4. The van der Waals surface area contributed by atoms with Crippen LogP contribution in [0.4, 0.5) is 4.79 Å². The lowest BCUT2D eigenvalue weighted by molar-refractivity contribution is -0.132. The number of carbonyl (C=O) groups excluding carboxylic acids is 2. The van der Waals surface area contributed by atoms with Gasteiger partial charge in [0.25, 0.3) is 0 Å². The minimum atomic E-state index is 0.00348. The second-order valence-electron chi connectivity index (χ2n) is 24.9. The summed E-state index contributed by atoms with van der Waals surface area (Å²) in [4.78, 5) is 76.0. The molecule has 0 aromatic carbocycles. The second kappa shape index (κ2) is 42.3. The zero-order chi connectivity index (χ0) is 65.7. The molecule has 0 aliphatic carbocycles. The van der Waals surface area contributed by atoms with Gasteiger partial charge in [0.1, 0.15) is 0 Å². The van der Waals surface area contributed by atoms with Gasteiger partial charge in [-0.2, -0.15) is 0 Å². The van der Waals surface area contributed by atoms with Gasteiger partial charge >= 0.3 is 6.03 Å². The number of rotatable bonds is 13. The van der Waals surface area contributed by atoms with Gasteiger partial charge in [-0.05, 0) is 138 Å². The van der Waals surface area contributed by atoms with Gasteiger partial charge in [0, 0.05) is 252 Å². The molecule has 12 rings (SSSR count). The number of hydrogen-bond acceptors (Lipinski definition) is 18. The average Bonchev–Trinajstić information content (AvgIpc) is 3.14. The topological polar surface area (TPSA) is 174 Å². The Morgan fingerprint density at radius 1 is 0.366 bits per heavy atom. The van der Waals surface area contributed by atoms with Crippen molar-refractivity contribution in [2.24, 2.45) is 0 Å². The summed E-state index contributed by atoms with van der Waals surface area (Å²) >= 11 is 5.39. The maximum absolute atomic E-state index is 12.0. The van der Waals surface area contributed by atoms with Crippen molar-refractivity contribution < 1.29 is 9.59 Å². The fourth-order valence-corrected chi connectivity index (χ4v) is 11.1. The normalized spacial score (nSPS) is 18.2. The maximum atomic E-state index is 12.0. The van der Waals surface area contributed by atoms with Gasteiger partial charge in [-0.1, -0.05) is 30.3 Å². The van der Waals surface area contributed by atoms with E-state index in [0.717, 1.165) is 146 Å². The Labute approximate surface area is 561 Å². The third-order valence-electron chi connectivity index (χ3n) is 17.3. The number of aromatic nitrogens is 6. The van der Waals surface area contributed by atoms with Crippen LogP contribution in [0.15, 0.2) is 147 Å². The molecule has 0 radical (unpaired) electrons. The summed E-state index contributed by atoms with van der Waals surface area (Å²) < 4.78 is 0. The molecule has 0 saturated carbocycles. The van der Waals surface area contributed by atoms with E-state index in [1.54, 1.807) is 18.6 Å². The van der Waals surface area contributed by atoms with E-state index < -0.39 is 0 Å². The summed E-state index contributed by atoms with van der Waals surface area (Å²) in [6.07, 6.45) is 19.7. The monoisotopic (exact) mass is 1290 g/mol. The predicted octanol–water partition coefficient (Wildman–Crippen LogP) is 4.52. The smallest absolute Gasteiger partial charge is 0.317 e. The minimum Gasteiger partial charge on any atom is -0.358 e. The molecule has 3 amide bonds. The van der Waals surface area contributed by atoms with Gasteiger partial charge in [-0.3, -0.25) is 49.4 Å². The van der Waals surface area contributed by atoms with Crippen LogP contribution in [0.3, 0.4) is 0 Å². The predicted molar refractivity (Wildman–Crippen MR) is 376 cm³/mol. The summed E-state index contributed by atoms with van der Waals surface area (Å²) in [7, 11) is 12.9. The maximum Gasteiger partial charge on any atom is 0.317 e. The first-order chi connectivity index (χ1) is 45.3. The number of aryl methyl sites for hydroxylation is 1. The van der Waals surface area contributed by atoms with Crippen LogP contribution in [-0.4, -0.2) is 305 Å². The van der Waals surface area contributed by atoms with Crippen LogP contribution in [0.2, 0.25) is 0 Å². The lowest BCUT2D eigenvalue weighted by Crippen LogP contribution is -2.50. The highest BCUT2D eigenvalue weighted by atomic mass is 32.1. The molecule has 6 aromatic heterocycles. The zero-order valence-electron chi connectivity index (χ0n) is 56.6. The number of piperazine rings is 6. The van der Waals surface area contributed by atoms with Crippen LogP contribution in [0.1, 0.15) is 40.1 Å². The first-order valence-corrected chi connectivity index (χ1v) is 33.7. The fraction of sp³-hybridized carbons (Fsp3) is 0.529. The minimum absolute atomic E-state index is 0.00348. The number of nitrogens with zero attached hydrogens (tertiary/aromatic N) is 18. The molecular formula is C70H106N20O2S. The fourth-order valence-electron chi connectivity index (χ4n) is 10.8. The van der Waals surface area contributed by atoms with E-state index in [1.165, 1.54) is 82.3 Å². The van der Waals surface area contributed by atoms with E-state index in [9.17, 15) is 9.59 Å². The molecule has 6 saturated heterocycles. The van der Waals surface area contributed by atoms with Crippen molar-refractivity contribution in [2.45, 2.75) is 45.6 Å². The quantitative estimate of drug-likeness (QED) is 0.155. The molecule has 504 valence electrons. The number of likely N-dealkylation sites (N-methyl/N-ethyl adjacent to an activating group) is 6. The van der Waals surface area contributed by atoms with Crippen LogP contribution in [0.25, 0.3) is 0 Å². The number of pyridine rings is 6. The molecule has 23 heteroatoms. The molecule has 0 atom stereocenters. The molecule has 12 heterocycles. The standard InChI is InChI=1S/C13H19N3O.C12H18N4O.C12H18N4S.3C11H17N3/c1-15-7-9-16(10-8-15)13(17)5-4-12-3-2-6-14-11-12;1-15-6-8-16(9-7-15)12(17)14-10-11-4-2-3-5-13-11;1-15-5-7-16(8-6-15)12(17)14-10-11-3-2-4-13-9-11;1-13-6-8-14(9-7-13)10-11-2-4-12-5-3-11;1-13-5-7-14(8-6-13)10-11-3-2-4-12-9-11;1-13-6-8-14(9-7-13)10-11-4-2-3-5-12-11/h2-3,6,11H,4-5,7-10H2,1H3;2-5H,6-10H2,1H3,(H,14,17);2-4,9H,5-8,10H2,1H3,(H,14,17);2-5H,6-10H2,1H3;2-4,9H,5-8,10H2,1H3;2-5H,6-10H2,1H3. The average molecular weight is 1290 g/mol. The third-order valence-corrected chi connectivity index (χ3v) is 17.7. The number of urea groups is 1. The van der Waals surface area contributed by atoms with E-state index in [2.05, 4.69) is 162 Å². The van der Waals surface area contributed by atoms with Crippen molar-refractivity contribution in [3.05, 3.63) is 181 Å². The number of thiocarbonyl (C=S) groups is 1. The number of nitrogens with one attached hydrogen (secondary N) is 2. The molecule has 6 aliphatic rings. The van der Waals surface area contributed by atoms with E-state index in [0.29, 0.717) is 13.0 Å². The first kappa shape index (κ1) is 73.4. The molecule has 93 heavy (non-hydrogen) atoms. The van der Waals surface area contributed by atoms with Crippen LogP contribution in [0.5, 0.6) is 0 Å². The lowest BCUT2D eigenvalue weighted by atomic mass is 10.1. The molecule has 0 unspecified atom stereocenters. The summed E-state index contributed by atoms with van der Waals surface area (Å²) in [5, 5.41) is 7.02. The second-order valence-corrected chi connectivity index (χ2v) is 25.3. The van der Waals surface area contributed by atoms with E-state index in [-0.39, 0.29) is 11.9 Å². The molecule has 6 fully saturated rings. The third kappa shape index (κ3) is 29.9. The van der Waals surface area contributed by atoms with Crippen LogP contribution < -0.4 is 10.6 Å². The largest absolute Gasteiger partial charge is 0.358 e. The SMILES string of the molecule is CN1CCN(C(=O)CCc2cccnc2)CC1.CN1CCN(C(=O)NCc2ccccn2)CC1.CN1CCN(C(=S)NCc2cccnc2)CC1.CN1CCN(Cc2ccccn2)CC1.CN1CCN(Cc2cccnc2)CC1.CN1CCN(Cc2ccncc2)CC1. The highest BCUT2D eigenvalue weighted by Gasteiger charge is 2.21. The Morgan fingerprint density at radius 3 is 1.23 bits per heavy atom. The number of hydrogen-bond donors (Lipinski definition) is 2. The van der Waals surface area contributed by atoms with Gasteiger partial charge in [-0.25, -0.2) is 4.79 Å². The zero-order valence-corrected chi connectivity index (χ0v) is 57.4. The van der Waals surface area contributed by atoms with Crippen molar-refractivity contribution >= 4 is 29.3 Å². The molecule has 0 spiro atoms. The van der Waals surface area contributed by atoms with Crippen LogP contribution in [0, 0.1) is 0 Å². The van der Waals surface area contributed by atoms with E-state index in [1.807, 2.05) is 108 Å². The molecule has 2 N–H and O–H groups in total. The first-order valence-electron chi connectivity index (χ1n) is 33.3. The number of amides is 3. The van der Waals surface area contributed by atoms with E-state index in [4.69, 9.17) is 12.2 Å². The van der Waals surface area contributed by atoms with E-state index >= 15 is 0 Å². The summed E-state index contributed by atoms with van der Waals surface area (Å²) in [5.74, 6) is 0.266. The van der Waals surface area contributed by atoms with Gasteiger partial charge in [-0.15, -0.1) is 0 Å². The van der Waals surface area contributed by atoms with Gasteiger partial charge in [0.15, 0.2) is 5.11 Å². The Bertz CT molecular complexity index is 2590. The molecule has 0 bridgehead atoms. The Balaban J connectivity index is 0.000000158. The number of carbonyl (C=O) groups is 2. The van der Waals surface area contributed by atoms with Crippen molar-refractivity contribution in [3.8, 4) is 0 Å². The highest BCUT2D eigenvalue weighted by Crippen LogP contribution is 2.11. The Morgan fingerprint density at radius 2 is 0.774 bits per heavy atom. The van der Waals surface area contributed by atoms with Gasteiger partial charge < -0.3 is 54.7 Å². The Hall–Kier alpha value is -7.03. The summed E-state index contributed by atoms with van der Waals surface area (Å²) in [5.41, 5.74) is 7.03. The van der Waals surface area contributed by atoms with Crippen molar-refractivity contribution in [3.63, 3.8) is 0 Å². The van der Waals surface area contributed by atoms with Crippen LogP contribution in [-0.2, 0) is 43.9 Å². The summed E-state index contributed by atoms with van der Waals surface area (Å²) in [6, 6.07) is 28.1. The van der Waals surface area contributed by atoms with Gasteiger partial charge in [0.2, 0.25) is 5.91 Å². The van der Waals surface area contributed by atoms with Crippen LogP contribution >= 0.6 is 12.2 Å². The molecular weight excluding hydrogens is 1180 g/mol. The molecule has 6 aliphatic heterocycles.